The molecule has 0 saturated heterocycles. The van der Waals surface area contributed by atoms with E-state index in [-0.39, 0.29) is 5.56 Å². The Kier molecular flexibility index (Phi) is 6.69. The zero-order valence-corrected chi connectivity index (χ0v) is 19.5. The monoisotopic (exact) mass is 540 g/mol. The molecule has 1 heterocycles. The second-order valence-corrected chi connectivity index (χ2v) is 12.3. The van der Waals surface area contributed by atoms with Gasteiger partial charge in [-0.2, -0.15) is 13.2 Å². The van der Waals surface area contributed by atoms with Gasteiger partial charge in [0.25, 0.3) is 10.0 Å². The second-order valence-electron chi connectivity index (χ2n) is 6.94. The number of aromatic nitrogens is 1. The molecule has 3 rings (SSSR count). The molecule has 0 spiro atoms. The van der Waals surface area contributed by atoms with Crippen molar-refractivity contribution >= 4 is 29.9 Å². The van der Waals surface area contributed by atoms with Gasteiger partial charge in [-0.3, -0.25) is 0 Å². The number of nitrogens with one attached hydrogen (secondary N) is 1. The third kappa shape index (κ3) is 4.73. The van der Waals surface area contributed by atoms with Crippen LogP contribution in [0.25, 0.3) is 0 Å². The van der Waals surface area contributed by atoms with E-state index in [1.807, 2.05) is 0 Å². The van der Waals surface area contributed by atoms with E-state index in [0.717, 1.165) is 61.7 Å². The van der Waals surface area contributed by atoms with E-state index in [9.17, 15) is 42.8 Å². The summed E-state index contributed by atoms with van der Waals surface area (Å²) in [6, 6.07) is 9.27. The van der Waals surface area contributed by atoms with Crippen LogP contribution in [0.15, 0.2) is 81.7 Å². The van der Waals surface area contributed by atoms with E-state index in [1.54, 1.807) is 0 Å². The Morgan fingerprint density at radius 1 is 0.853 bits per heavy atom. The summed E-state index contributed by atoms with van der Waals surface area (Å²) in [5.74, 6) is -1.08. The summed E-state index contributed by atoms with van der Waals surface area (Å²) < 4.78 is 128. The van der Waals surface area contributed by atoms with Crippen LogP contribution < -0.4 is 4.72 Å². The third-order valence-corrected chi connectivity index (χ3v) is 9.54. The van der Waals surface area contributed by atoms with Crippen molar-refractivity contribution in [1.29, 1.82) is 0 Å². The average Bonchev–Trinajstić information content (AvgIpc) is 3.25. The average molecular weight is 541 g/mol. The van der Waals surface area contributed by atoms with Crippen LogP contribution >= 0.6 is 0 Å². The van der Waals surface area contributed by atoms with Crippen molar-refractivity contribution in [2.75, 3.05) is 0 Å². The molecule has 1 aromatic heterocycles. The maximum absolute atomic E-state index is 14.1. The van der Waals surface area contributed by atoms with Gasteiger partial charge in [-0.1, -0.05) is 24.3 Å². The Balaban J connectivity index is 1.97. The van der Waals surface area contributed by atoms with E-state index < -0.39 is 62.1 Å². The lowest BCUT2D eigenvalue weighted by atomic mass is 10.1. The highest BCUT2D eigenvalue weighted by Gasteiger charge is 2.46. The summed E-state index contributed by atoms with van der Waals surface area (Å²) in [5.41, 5.74) is -5.52. The fourth-order valence-electron chi connectivity index (χ4n) is 2.94. The predicted molar refractivity (Wildman–Crippen MR) is 112 cm³/mol. The molecule has 0 aliphatic rings. The maximum atomic E-state index is 14.1. The first kappa shape index (κ1) is 25.9. The van der Waals surface area contributed by atoms with Crippen LogP contribution in [-0.4, -0.2) is 34.7 Å². The van der Waals surface area contributed by atoms with Crippen LogP contribution in [0.5, 0.6) is 0 Å². The molecule has 0 amide bonds. The van der Waals surface area contributed by atoms with Crippen LogP contribution in [-0.2, 0) is 29.9 Å². The molecule has 3 aromatic rings. The van der Waals surface area contributed by atoms with Crippen LogP contribution in [0.1, 0.15) is 18.5 Å². The fourth-order valence-corrected chi connectivity index (χ4v) is 6.86. The van der Waals surface area contributed by atoms with E-state index in [1.165, 1.54) is 16.9 Å². The summed E-state index contributed by atoms with van der Waals surface area (Å²) in [6.45, 7) is 1.12. The van der Waals surface area contributed by atoms with Gasteiger partial charge < -0.3 is 0 Å². The molecule has 0 aliphatic heterocycles. The third-order valence-electron chi connectivity index (χ3n) is 4.65. The number of sulfonamides is 1. The topological polar surface area (TPSA) is 119 Å². The Labute approximate surface area is 192 Å². The number of rotatable bonds is 7. The van der Waals surface area contributed by atoms with Gasteiger partial charge in [0.15, 0.2) is 5.03 Å². The van der Waals surface area contributed by atoms with E-state index in [4.69, 9.17) is 0 Å². The molecule has 0 fully saturated rings. The van der Waals surface area contributed by atoms with Crippen LogP contribution in [0.3, 0.4) is 0 Å². The van der Waals surface area contributed by atoms with Crippen molar-refractivity contribution in [2.45, 2.75) is 33.3 Å². The quantitative estimate of drug-likeness (QED) is 0.460. The first-order chi connectivity index (χ1) is 15.6. The van der Waals surface area contributed by atoms with Gasteiger partial charge in [-0.05, 0) is 48.9 Å². The zero-order chi connectivity index (χ0) is 25.5. The molecule has 0 unspecified atom stereocenters. The zero-order valence-electron chi connectivity index (χ0n) is 17.1. The Bertz CT molecular complexity index is 1530. The van der Waals surface area contributed by atoms with Crippen molar-refractivity contribution in [3.63, 3.8) is 0 Å². The van der Waals surface area contributed by atoms with Gasteiger partial charge >= 0.3 is 15.5 Å². The molecule has 0 aliphatic carbocycles. The second kappa shape index (κ2) is 8.79. The molecule has 1 atom stereocenters. The van der Waals surface area contributed by atoms with E-state index in [2.05, 4.69) is 0 Å². The SMILES string of the molecule is C[C@@H](NS(=O)(=O)C(F)(F)F)c1ccc(S(=O)(=O)n2cccc2S(=O)(=O)c2ccccc2F)cc1. The van der Waals surface area contributed by atoms with Crippen molar-refractivity contribution in [2.24, 2.45) is 0 Å². The Hall–Kier alpha value is -2.75. The standard InChI is InChI=1S/C19H16F4N2O6S3/c1-13(24-34(30,31)19(21,22)23)14-8-10-15(11-9-14)33(28,29)25-12-4-7-18(25)32(26,27)17-6-3-2-5-16(17)20/h2-13,24H,1H3/t13-/m1/s1. The van der Waals surface area contributed by atoms with E-state index >= 15 is 0 Å². The van der Waals surface area contributed by atoms with Crippen molar-refractivity contribution in [1.82, 2.24) is 8.69 Å². The smallest absolute Gasteiger partial charge is 0.230 e. The highest BCUT2D eigenvalue weighted by Crippen LogP contribution is 2.28. The Morgan fingerprint density at radius 2 is 1.44 bits per heavy atom. The van der Waals surface area contributed by atoms with Gasteiger partial charge in [0.1, 0.15) is 10.7 Å². The lowest BCUT2D eigenvalue weighted by Crippen LogP contribution is -2.37. The van der Waals surface area contributed by atoms with E-state index in [0.29, 0.717) is 3.97 Å². The minimum absolute atomic E-state index is 0.0125. The lowest BCUT2D eigenvalue weighted by molar-refractivity contribution is -0.0450. The van der Waals surface area contributed by atoms with Crippen LogP contribution in [0.2, 0.25) is 0 Å². The van der Waals surface area contributed by atoms with Crippen LogP contribution in [0.4, 0.5) is 17.6 Å². The van der Waals surface area contributed by atoms with Gasteiger partial charge in [0, 0.05) is 12.2 Å². The molecule has 8 nitrogen and oxygen atoms in total. The fraction of sp³-hybridized carbons (Fsp3) is 0.158. The molecule has 2 aromatic carbocycles. The molecule has 184 valence electrons. The number of sulfone groups is 1. The summed E-state index contributed by atoms with van der Waals surface area (Å²) in [5, 5.41) is -0.729. The van der Waals surface area contributed by atoms with Gasteiger partial charge in [-0.25, -0.2) is 38.3 Å². The van der Waals surface area contributed by atoms with Crippen molar-refractivity contribution in [3.05, 3.63) is 78.2 Å². The number of hydrogen-bond acceptors (Lipinski definition) is 6. The number of alkyl halides is 3. The molecule has 1 N–H and O–H groups in total. The maximum Gasteiger partial charge on any atom is 0.511 e. The minimum atomic E-state index is -5.64. The molecule has 0 radical (unpaired) electrons. The molecule has 0 saturated carbocycles. The largest absolute Gasteiger partial charge is 0.511 e. The van der Waals surface area contributed by atoms with Crippen LogP contribution in [0, 0.1) is 5.82 Å². The number of benzene rings is 2. The normalized spacial score (nSPS) is 14.1. The Morgan fingerprint density at radius 3 is 2.00 bits per heavy atom. The molecule has 34 heavy (non-hydrogen) atoms. The molecular formula is C19H16F4N2O6S3. The summed E-state index contributed by atoms with van der Waals surface area (Å²) in [7, 11) is -14.8. The van der Waals surface area contributed by atoms with Gasteiger partial charge in [0.2, 0.25) is 9.84 Å². The molecule has 0 bridgehead atoms. The summed E-state index contributed by atoms with van der Waals surface area (Å²) in [6.07, 6.45) is 0.942. The van der Waals surface area contributed by atoms with Crippen molar-refractivity contribution < 1.29 is 42.8 Å². The van der Waals surface area contributed by atoms with Gasteiger partial charge in [0.05, 0.1) is 4.90 Å². The highest BCUT2D eigenvalue weighted by molar-refractivity contribution is 7.93. The predicted octanol–water partition coefficient (Wildman–Crippen LogP) is 3.20. The lowest BCUT2D eigenvalue weighted by Gasteiger charge is -2.17. The van der Waals surface area contributed by atoms with Crippen molar-refractivity contribution in [3.8, 4) is 0 Å². The molecular weight excluding hydrogens is 524 g/mol. The first-order valence-corrected chi connectivity index (χ1v) is 13.6. The highest BCUT2D eigenvalue weighted by atomic mass is 32.2. The van der Waals surface area contributed by atoms with Gasteiger partial charge in [-0.15, -0.1) is 0 Å². The number of nitrogens with zero attached hydrogens (tertiary/aromatic N) is 1. The first-order valence-electron chi connectivity index (χ1n) is 9.20. The summed E-state index contributed by atoms with van der Waals surface area (Å²) in [4.78, 5) is -1.17. The minimum Gasteiger partial charge on any atom is -0.230 e. The number of halogens is 4. The number of hydrogen-bond donors (Lipinski definition) is 1. The summed E-state index contributed by atoms with van der Waals surface area (Å²) >= 11 is 0. The molecule has 15 heteroatoms.